The van der Waals surface area contributed by atoms with Crippen molar-refractivity contribution in [3.8, 4) is 0 Å². The second kappa shape index (κ2) is 6.08. The van der Waals surface area contributed by atoms with Crippen LogP contribution < -0.4 is 5.32 Å². The van der Waals surface area contributed by atoms with Gasteiger partial charge in [-0.05, 0) is 41.5 Å². The van der Waals surface area contributed by atoms with Crippen molar-refractivity contribution in [2.45, 2.75) is 43.0 Å². The third kappa shape index (κ3) is 2.76. The minimum absolute atomic E-state index is 0.0831. The highest BCUT2D eigenvalue weighted by Gasteiger charge is 2.40. The summed E-state index contributed by atoms with van der Waals surface area (Å²) in [5.41, 5.74) is 1.23. The summed E-state index contributed by atoms with van der Waals surface area (Å²) in [6.07, 6.45) is 8.74. The number of carbonyl (C=O) groups excluding carboxylic acids is 1. The lowest BCUT2D eigenvalue weighted by atomic mass is 9.87. The van der Waals surface area contributed by atoms with Gasteiger partial charge in [-0.25, -0.2) is 0 Å². The standard InChI is InChI=1S/C15H22N2OS2/c1-19-15(6-3-2-4-7-15)11-17-13(18)9-16-14(17)12-5-8-20-10-12/h5,8,10,14,16H,2-4,6-7,9,11H2,1H3. The summed E-state index contributed by atoms with van der Waals surface area (Å²) in [6.45, 7) is 1.37. The van der Waals surface area contributed by atoms with Gasteiger partial charge in [0.2, 0.25) is 5.91 Å². The lowest BCUT2D eigenvalue weighted by Crippen LogP contribution is -2.44. The molecule has 110 valence electrons. The van der Waals surface area contributed by atoms with Gasteiger partial charge in [-0.2, -0.15) is 23.1 Å². The fourth-order valence-electron chi connectivity index (χ4n) is 3.38. The number of nitrogens with zero attached hydrogens (tertiary/aromatic N) is 1. The van der Waals surface area contributed by atoms with Gasteiger partial charge in [0, 0.05) is 11.3 Å². The van der Waals surface area contributed by atoms with Crippen LogP contribution in [0.15, 0.2) is 16.8 Å². The molecule has 2 fully saturated rings. The first-order valence-electron chi connectivity index (χ1n) is 7.34. The Kier molecular flexibility index (Phi) is 4.38. The average molecular weight is 310 g/mol. The Labute approximate surface area is 129 Å². The molecule has 5 heteroatoms. The van der Waals surface area contributed by atoms with Crippen molar-refractivity contribution in [2.75, 3.05) is 19.3 Å². The van der Waals surface area contributed by atoms with Crippen LogP contribution in [-0.2, 0) is 4.79 Å². The third-order valence-corrected chi connectivity index (χ3v) is 6.70. The molecule has 1 aliphatic heterocycles. The summed E-state index contributed by atoms with van der Waals surface area (Å²) < 4.78 is 0.272. The lowest BCUT2D eigenvalue weighted by Gasteiger charge is -2.40. The monoisotopic (exact) mass is 310 g/mol. The topological polar surface area (TPSA) is 32.3 Å². The van der Waals surface area contributed by atoms with E-state index in [0.717, 1.165) is 6.54 Å². The minimum Gasteiger partial charge on any atom is -0.320 e. The van der Waals surface area contributed by atoms with E-state index in [1.54, 1.807) is 11.3 Å². The first-order valence-corrected chi connectivity index (χ1v) is 9.51. The van der Waals surface area contributed by atoms with Crippen LogP contribution in [0, 0.1) is 0 Å². The van der Waals surface area contributed by atoms with Crippen LogP contribution in [0.4, 0.5) is 0 Å². The summed E-state index contributed by atoms with van der Waals surface area (Å²) in [5.74, 6) is 0.250. The Morgan fingerprint density at radius 3 is 2.90 bits per heavy atom. The highest BCUT2D eigenvalue weighted by Crippen LogP contribution is 2.41. The molecule has 1 aromatic heterocycles. The van der Waals surface area contributed by atoms with Crippen molar-refractivity contribution in [1.82, 2.24) is 10.2 Å². The molecule has 1 saturated carbocycles. The van der Waals surface area contributed by atoms with E-state index in [1.165, 1.54) is 37.7 Å². The number of thioether (sulfide) groups is 1. The zero-order chi connectivity index (χ0) is 14.0. The molecule has 0 spiro atoms. The Balaban J connectivity index is 1.78. The maximum absolute atomic E-state index is 12.3. The van der Waals surface area contributed by atoms with Crippen molar-refractivity contribution in [3.05, 3.63) is 22.4 Å². The molecule has 1 aliphatic carbocycles. The van der Waals surface area contributed by atoms with Gasteiger partial charge in [-0.3, -0.25) is 10.1 Å². The lowest BCUT2D eigenvalue weighted by molar-refractivity contribution is -0.128. The van der Waals surface area contributed by atoms with Gasteiger partial charge in [-0.1, -0.05) is 19.3 Å². The van der Waals surface area contributed by atoms with Gasteiger partial charge in [-0.15, -0.1) is 0 Å². The molecular weight excluding hydrogens is 288 g/mol. The van der Waals surface area contributed by atoms with Crippen molar-refractivity contribution in [1.29, 1.82) is 0 Å². The average Bonchev–Trinajstić information content (AvgIpc) is 3.11. The van der Waals surface area contributed by atoms with Crippen LogP contribution >= 0.6 is 23.1 Å². The molecule has 2 heterocycles. The van der Waals surface area contributed by atoms with Crippen molar-refractivity contribution >= 4 is 29.0 Å². The van der Waals surface area contributed by atoms with Crippen molar-refractivity contribution in [2.24, 2.45) is 0 Å². The number of thiophene rings is 1. The molecule has 0 radical (unpaired) electrons. The van der Waals surface area contributed by atoms with Crippen molar-refractivity contribution < 1.29 is 4.79 Å². The number of hydrogen-bond donors (Lipinski definition) is 1. The Bertz CT molecular complexity index is 454. The van der Waals surface area contributed by atoms with Gasteiger partial charge in [0.05, 0.1) is 6.54 Å². The summed E-state index contributed by atoms with van der Waals surface area (Å²) in [4.78, 5) is 14.3. The van der Waals surface area contributed by atoms with E-state index in [2.05, 4.69) is 33.3 Å². The predicted octanol–water partition coefficient (Wildman–Crippen LogP) is 3.24. The first kappa shape index (κ1) is 14.4. The molecular formula is C15H22N2OS2. The summed E-state index contributed by atoms with van der Waals surface area (Å²) in [6, 6.07) is 2.13. The van der Waals surface area contributed by atoms with Gasteiger partial charge in [0.1, 0.15) is 6.17 Å². The van der Waals surface area contributed by atoms with E-state index >= 15 is 0 Å². The molecule has 20 heavy (non-hydrogen) atoms. The Hall–Kier alpha value is -0.520. The van der Waals surface area contributed by atoms with Crippen LogP contribution in [-0.4, -0.2) is 34.9 Å². The number of amides is 1. The largest absolute Gasteiger partial charge is 0.320 e. The molecule has 3 nitrogen and oxygen atoms in total. The van der Waals surface area contributed by atoms with E-state index < -0.39 is 0 Å². The van der Waals surface area contributed by atoms with E-state index in [9.17, 15) is 4.79 Å². The number of hydrogen-bond acceptors (Lipinski definition) is 4. The third-order valence-electron chi connectivity index (χ3n) is 4.59. The normalized spacial score (nSPS) is 26.1. The van der Waals surface area contributed by atoms with E-state index in [1.807, 2.05) is 11.8 Å². The molecule has 1 aromatic rings. The van der Waals surface area contributed by atoms with Gasteiger partial charge < -0.3 is 4.90 Å². The number of carbonyl (C=O) groups is 1. The molecule has 1 amide bonds. The minimum atomic E-state index is 0.0831. The van der Waals surface area contributed by atoms with E-state index in [4.69, 9.17) is 0 Å². The summed E-state index contributed by atoms with van der Waals surface area (Å²) >= 11 is 3.66. The fourth-order valence-corrected chi connectivity index (χ4v) is 5.02. The smallest absolute Gasteiger partial charge is 0.238 e. The zero-order valence-electron chi connectivity index (χ0n) is 11.9. The molecule has 1 atom stereocenters. The number of rotatable bonds is 4. The SMILES string of the molecule is CSC1(CN2C(=O)CNC2c2ccsc2)CCCCC1. The van der Waals surface area contributed by atoms with Gasteiger partial charge in [0.25, 0.3) is 0 Å². The van der Waals surface area contributed by atoms with Gasteiger partial charge >= 0.3 is 0 Å². The predicted molar refractivity (Wildman–Crippen MR) is 86.1 cm³/mol. The molecule has 0 aromatic carbocycles. The van der Waals surface area contributed by atoms with Crippen LogP contribution in [0.2, 0.25) is 0 Å². The fraction of sp³-hybridized carbons (Fsp3) is 0.667. The summed E-state index contributed by atoms with van der Waals surface area (Å²) in [7, 11) is 0. The molecule has 1 unspecified atom stereocenters. The molecule has 0 bridgehead atoms. The van der Waals surface area contributed by atoms with Crippen LogP contribution in [0.3, 0.4) is 0 Å². The molecule has 1 saturated heterocycles. The highest BCUT2D eigenvalue weighted by molar-refractivity contribution is 8.00. The number of nitrogens with one attached hydrogen (secondary N) is 1. The second-order valence-corrected chi connectivity index (χ2v) is 7.86. The molecule has 1 N–H and O–H groups in total. The maximum atomic E-state index is 12.3. The van der Waals surface area contributed by atoms with Crippen LogP contribution in [0.25, 0.3) is 0 Å². The summed E-state index contributed by atoms with van der Waals surface area (Å²) in [5, 5.41) is 7.60. The zero-order valence-corrected chi connectivity index (χ0v) is 13.6. The Morgan fingerprint density at radius 1 is 1.45 bits per heavy atom. The molecule has 3 rings (SSSR count). The van der Waals surface area contributed by atoms with Crippen molar-refractivity contribution in [3.63, 3.8) is 0 Å². The van der Waals surface area contributed by atoms with Crippen LogP contribution in [0.5, 0.6) is 0 Å². The molecule has 2 aliphatic rings. The second-order valence-electron chi connectivity index (χ2n) is 5.81. The Morgan fingerprint density at radius 2 is 2.25 bits per heavy atom. The quantitative estimate of drug-likeness (QED) is 0.926. The van der Waals surface area contributed by atoms with E-state index in [-0.39, 0.29) is 16.8 Å². The maximum Gasteiger partial charge on any atom is 0.238 e. The highest BCUT2D eigenvalue weighted by atomic mass is 32.2. The van der Waals surface area contributed by atoms with Gasteiger partial charge in [0.15, 0.2) is 0 Å². The van der Waals surface area contributed by atoms with Crippen LogP contribution in [0.1, 0.15) is 43.8 Å². The van der Waals surface area contributed by atoms with E-state index in [0.29, 0.717) is 6.54 Å². The first-order chi connectivity index (χ1) is 9.74.